The molecule has 1 atom stereocenters. The van der Waals surface area contributed by atoms with Crippen LogP contribution in [0.5, 0.6) is 5.75 Å². The number of thiophene rings is 1. The Hall–Kier alpha value is -2.34. The van der Waals surface area contributed by atoms with Crippen LogP contribution in [-0.4, -0.2) is 47.9 Å². The lowest BCUT2D eigenvalue weighted by Crippen LogP contribution is -2.49. The van der Waals surface area contributed by atoms with E-state index in [4.69, 9.17) is 4.74 Å². The van der Waals surface area contributed by atoms with E-state index in [1.165, 1.54) is 10.4 Å². The number of methoxy groups -OCH3 is 1. The van der Waals surface area contributed by atoms with Crippen LogP contribution in [0, 0.1) is 5.92 Å². The van der Waals surface area contributed by atoms with Crippen molar-refractivity contribution in [1.82, 2.24) is 9.80 Å². The summed E-state index contributed by atoms with van der Waals surface area (Å²) >= 11 is 1.75. The average molecular weight is 413 g/mol. The normalized spacial score (nSPS) is 18.5. The lowest BCUT2D eigenvalue weighted by molar-refractivity contribution is -0.143. The molecule has 0 saturated heterocycles. The Balaban J connectivity index is 1.61. The highest BCUT2D eigenvalue weighted by Crippen LogP contribution is 2.38. The molecule has 1 saturated carbocycles. The first kappa shape index (κ1) is 20.0. The van der Waals surface area contributed by atoms with Gasteiger partial charge in [-0.25, -0.2) is 0 Å². The summed E-state index contributed by atoms with van der Waals surface area (Å²) in [5.74, 6) is 1.06. The number of carbonyl (C=O) groups is 2. The van der Waals surface area contributed by atoms with Crippen LogP contribution in [0.4, 0.5) is 0 Å². The summed E-state index contributed by atoms with van der Waals surface area (Å²) in [5.41, 5.74) is 2.27. The fourth-order valence-corrected chi connectivity index (χ4v) is 4.95. The van der Waals surface area contributed by atoms with Gasteiger partial charge in [0.2, 0.25) is 11.8 Å². The van der Waals surface area contributed by atoms with Gasteiger partial charge in [-0.3, -0.25) is 9.59 Å². The minimum atomic E-state index is -0.117. The summed E-state index contributed by atoms with van der Waals surface area (Å²) < 4.78 is 5.30. The zero-order valence-electron chi connectivity index (χ0n) is 17.3. The minimum absolute atomic E-state index is 0.0189. The van der Waals surface area contributed by atoms with Gasteiger partial charge < -0.3 is 14.5 Å². The van der Waals surface area contributed by atoms with E-state index >= 15 is 0 Å². The van der Waals surface area contributed by atoms with Gasteiger partial charge in [0.15, 0.2) is 0 Å². The van der Waals surface area contributed by atoms with Gasteiger partial charge in [0.1, 0.15) is 12.3 Å². The SMILES string of the molecule is COc1ccc([C@@H]2c3ccsc3CCN2C(=O)CN(C(=O)C2CC2)C(C)C)cc1. The molecule has 1 fully saturated rings. The molecule has 1 aliphatic heterocycles. The molecule has 154 valence electrons. The van der Waals surface area contributed by atoms with E-state index in [-0.39, 0.29) is 36.4 Å². The molecule has 0 unspecified atom stereocenters. The number of ether oxygens (including phenoxy) is 1. The third kappa shape index (κ3) is 4.04. The van der Waals surface area contributed by atoms with Crippen LogP contribution in [-0.2, 0) is 16.0 Å². The maximum atomic E-state index is 13.4. The highest BCUT2D eigenvalue weighted by molar-refractivity contribution is 7.10. The van der Waals surface area contributed by atoms with Crippen LogP contribution < -0.4 is 4.74 Å². The van der Waals surface area contributed by atoms with Crippen LogP contribution >= 0.6 is 11.3 Å². The van der Waals surface area contributed by atoms with Crippen LogP contribution in [0.25, 0.3) is 0 Å². The van der Waals surface area contributed by atoms with Crippen molar-refractivity contribution in [3.63, 3.8) is 0 Å². The summed E-state index contributed by atoms with van der Waals surface area (Å²) in [5, 5.41) is 2.10. The van der Waals surface area contributed by atoms with Gasteiger partial charge in [-0.2, -0.15) is 0 Å². The molecule has 0 N–H and O–H groups in total. The quantitative estimate of drug-likeness (QED) is 0.724. The largest absolute Gasteiger partial charge is 0.497 e. The van der Waals surface area contributed by atoms with E-state index in [9.17, 15) is 9.59 Å². The Bertz CT molecular complexity index is 886. The zero-order valence-corrected chi connectivity index (χ0v) is 18.1. The standard InChI is InChI=1S/C23H28N2O3S/c1-15(2)25(23(27)17-4-5-17)14-21(26)24-12-10-20-19(11-13-29-20)22(24)16-6-8-18(28-3)9-7-16/h6-9,11,13,15,17,22H,4-5,10,12,14H2,1-3H3/t22-/m1/s1. The van der Waals surface area contributed by atoms with Gasteiger partial charge in [-0.05, 0) is 67.8 Å². The molecule has 4 rings (SSSR count). The second-order valence-electron chi connectivity index (χ2n) is 8.15. The van der Waals surface area contributed by atoms with Crippen molar-refractivity contribution in [1.29, 1.82) is 0 Å². The van der Waals surface area contributed by atoms with E-state index in [1.807, 2.05) is 43.0 Å². The van der Waals surface area contributed by atoms with E-state index in [0.29, 0.717) is 6.54 Å². The lowest BCUT2D eigenvalue weighted by atomic mass is 9.93. The number of rotatable bonds is 6. The van der Waals surface area contributed by atoms with Gasteiger partial charge in [0, 0.05) is 23.4 Å². The first-order valence-corrected chi connectivity index (χ1v) is 11.2. The molecule has 2 amide bonds. The van der Waals surface area contributed by atoms with Gasteiger partial charge >= 0.3 is 0 Å². The monoisotopic (exact) mass is 412 g/mol. The molecule has 0 spiro atoms. The molecule has 6 heteroatoms. The highest BCUT2D eigenvalue weighted by atomic mass is 32.1. The van der Waals surface area contributed by atoms with E-state index in [0.717, 1.165) is 30.6 Å². The molecule has 2 aliphatic rings. The Morgan fingerprint density at radius 2 is 1.93 bits per heavy atom. The van der Waals surface area contributed by atoms with Gasteiger partial charge in [0.25, 0.3) is 0 Å². The van der Waals surface area contributed by atoms with Gasteiger partial charge in [-0.1, -0.05) is 12.1 Å². The van der Waals surface area contributed by atoms with E-state index in [2.05, 4.69) is 11.4 Å². The summed E-state index contributed by atoms with van der Waals surface area (Å²) in [6.07, 6.45) is 2.77. The van der Waals surface area contributed by atoms with Crippen LogP contribution in [0.2, 0.25) is 0 Å². The predicted octanol–water partition coefficient (Wildman–Crippen LogP) is 3.88. The molecule has 1 aromatic heterocycles. The zero-order chi connectivity index (χ0) is 20.5. The van der Waals surface area contributed by atoms with E-state index < -0.39 is 0 Å². The number of hydrogen-bond donors (Lipinski definition) is 0. The number of hydrogen-bond acceptors (Lipinski definition) is 4. The van der Waals surface area contributed by atoms with Crippen LogP contribution in [0.1, 0.15) is 48.7 Å². The molecule has 29 heavy (non-hydrogen) atoms. The summed E-state index contributed by atoms with van der Waals surface area (Å²) in [6.45, 7) is 4.80. The summed E-state index contributed by atoms with van der Waals surface area (Å²) in [7, 11) is 1.65. The Labute approximate surface area is 176 Å². The fourth-order valence-electron chi connectivity index (χ4n) is 4.05. The number of amides is 2. The second-order valence-corrected chi connectivity index (χ2v) is 9.15. The van der Waals surface area contributed by atoms with Crippen molar-refractivity contribution >= 4 is 23.2 Å². The first-order valence-electron chi connectivity index (χ1n) is 10.3. The number of nitrogens with zero attached hydrogens (tertiary/aromatic N) is 2. The average Bonchev–Trinajstić information content (AvgIpc) is 3.47. The van der Waals surface area contributed by atoms with Crippen molar-refractivity contribution < 1.29 is 14.3 Å². The van der Waals surface area contributed by atoms with Crippen LogP contribution in [0.3, 0.4) is 0 Å². The number of carbonyl (C=O) groups excluding carboxylic acids is 2. The van der Waals surface area contributed by atoms with E-state index in [1.54, 1.807) is 23.3 Å². The predicted molar refractivity (Wildman–Crippen MR) is 114 cm³/mol. The van der Waals surface area contributed by atoms with Crippen molar-refractivity contribution in [2.75, 3.05) is 20.2 Å². The molecule has 2 aromatic rings. The lowest BCUT2D eigenvalue weighted by Gasteiger charge is -2.38. The van der Waals surface area contributed by atoms with Crippen molar-refractivity contribution in [3.8, 4) is 5.75 Å². The molecule has 1 aliphatic carbocycles. The van der Waals surface area contributed by atoms with Crippen molar-refractivity contribution in [2.45, 2.75) is 45.2 Å². The van der Waals surface area contributed by atoms with Crippen molar-refractivity contribution in [2.24, 2.45) is 5.92 Å². The topological polar surface area (TPSA) is 49.9 Å². The smallest absolute Gasteiger partial charge is 0.243 e. The maximum Gasteiger partial charge on any atom is 0.243 e. The molecule has 1 aromatic carbocycles. The molecule has 0 radical (unpaired) electrons. The first-order chi connectivity index (χ1) is 14.0. The Morgan fingerprint density at radius 3 is 2.55 bits per heavy atom. The van der Waals surface area contributed by atoms with Gasteiger partial charge in [-0.15, -0.1) is 11.3 Å². The fraction of sp³-hybridized carbons (Fsp3) is 0.478. The summed E-state index contributed by atoms with van der Waals surface area (Å²) in [4.78, 5) is 31.1. The van der Waals surface area contributed by atoms with Gasteiger partial charge in [0.05, 0.1) is 13.2 Å². The second kappa shape index (κ2) is 8.19. The number of benzene rings is 1. The van der Waals surface area contributed by atoms with Crippen LogP contribution in [0.15, 0.2) is 35.7 Å². The third-order valence-electron chi connectivity index (χ3n) is 5.86. The summed E-state index contributed by atoms with van der Waals surface area (Å²) in [6, 6.07) is 9.98. The molecule has 0 bridgehead atoms. The Morgan fingerprint density at radius 1 is 1.21 bits per heavy atom. The third-order valence-corrected chi connectivity index (χ3v) is 6.85. The van der Waals surface area contributed by atoms with Crippen molar-refractivity contribution in [3.05, 3.63) is 51.7 Å². The molecule has 5 nitrogen and oxygen atoms in total. The minimum Gasteiger partial charge on any atom is -0.497 e. The number of fused-ring (bicyclic) bond motifs is 1. The molecule has 2 heterocycles. The molecular formula is C23H28N2O3S. The Kier molecular flexibility index (Phi) is 5.63. The maximum absolute atomic E-state index is 13.4. The highest BCUT2D eigenvalue weighted by Gasteiger charge is 2.38. The molecular weight excluding hydrogens is 384 g/mol.